The highest BCUT2D eigenvalue weighted by atomic mass is 16.1. The molecule has 0 aliphatic carbocycles. The smallest absolute Gasteiger partial charge is 0.220 e. The van der Waals surface area contributed by atoms with Gasteiger partial charge in [0.05, 0.1) is 0 Å². The Labute approximate surface area is 211 Å². The molecule has 8 nitrogen and oxygen atoms in total. The van der Waals surface area contributed by atoms with Gasteiger partial charge in [0.25, 0.3) is 0 Å². The lowest BCUT2D eigenvalue weighted by molar-refractivity contribution is -0.121. The van der Waals surface area contributed by atoms with E-state index in [2.05, 4.69) is 74.2 Å². The number of rotatable bonds is 10. The minimum Gasteiger partial charge on any atom is -0.365 e. The summed E-state index contributed by atoms with van der Waals surface area (Å²) in [5.41, 5.74) is 4.49. The molecule has 2 aromatic carbocycles. The zero-order valence-electron chi connectivity index (χ0n) is 20.7. The molecule has 2 aromatic heterocycles. The van der Waals surface area contributed by atoms with E-state index in [1.54, 1.807) is 4.52 Å². The quantitative estimate of drug-likeness (QED) is 0.358. The summed E-state index contributed by atoms with van der Waals surface area (Å²) in [5, 5.41) is 19.5. The zero-order valence-corrected chi connectivity index (χ0v) is 20.7. The SMILES string of the molecule is Cc1ccc(CN2CC[C@H](CNC(=O)CCc3nnc4ccc(NCc5ccccc5)nn34)C2)cc1. The third-order valence-electron chi connectivity index (χ3n) is 6.70. The molecule has 2 N–H and O–H groups in total. The van der Waals surface area contributed by atoms with Gasteiger partial charge in [0.1, 0.15) is 5.82 Å². The fourth-order valence-corrected chi connectivity index (χ4v) is 4.62. The first-order valence-corrected chi connectivity index (χ1v) is 12.7. The molecule has 1 atom stereocenters. The summed E-state index contributed by atoms with van der Waals surface area (Å²) in [6.45, 7) is 6.58. The van der Waals surface area contributed by atoms with Gasteiger partial charge in [0, 0.05) is 39.0 Å². The van der Waals surface area contributed by atoms with E-state index < -0.39 is 0 Å². The molecule has 8 heteroatoms. The van der Waals surface area contributed by atoms with Crippen molar-refractivity contribution in [3.8, 4) is 0 Å². The lowest BCUT2D eigenvalue weighted by Gasteiger charge is -2.16. The molecule has 1 amide bonds. The number of nitrogens with zero attached hydrogens (tertiary/aromatic N) is 5. The number of carbonyl (C=O) groups is 1. The van der Waals surface area contributed by atoms with Crippen LogP contribution in [0.15, 0.2) is 66.7 Å². The van der Waals surface area contributed by atoms with Gasteiger partial charge in [-0.05, 0) is 49.1 Å². The van der Waals surface area contributed by atoms with Gasteiger partial charge >= 0.3 is 0 Å². The van der Waals surface area contributed by atoms with Crippen molar-refractivity contribution in [3.63, 3.8) is 0 Å². The van der Waals surface area contributed by atoms with Crippen LogP contribution in [0.1, 0.15) is 35.4 Å². The molecule has 5 rings (SSSR count). The fraction of sp³-hybridized carbons (Fsp3) is 0.357. The topological polar surface area (TPSA) is 87.5 Å². The number of hydrogen-bond acceptors (Lipinski definition) is 6. The number of nitrogens with one attached hydrogen (secondary N) is 2. The lowest BCUT2D eigenvalue weighted by Crippen LogP contribution is -2.31. The van der Waals surface area contributed by atoms with Gasteiger partial charge in [0.15, 0.2) is 11.5 Å². The van der Waals surface area contributed by atoms with Gasteiger partial charge in [-0.1, -0.05) is 60.2 Å². The number of amides is 1. The van der Waals surface area contributed by atoms with Crippen LogP contribution in [0.4, 0.5) is 5.82 Å². The molecule has 1 aliphatic rings. The summed E-state index contributed by atoms with van der Waals surface area (Å²) in [7, 11) is 0. The van der Waals surface area contributed by atoms with E-state index in [-0.39, 0.29) is 5.91 Å². The fourth-order valence-electron chi connectivity index (χ4n) is 4.62. The van der Waals surface area contributed by atoms with Crippen molar-refractivity contribution in [3.05, 3.63) is 89.2 Å². The molecular formula is C28H33N7O. The predicted octanol–water partition coefficient (Wildman–Crippen LogP) is 3.62. The molecule has 0 radical (unpaired) electrons. The van der Waals surface area contributed by atoms with Gasteiger partial charge in [-0.2, -0.15) is 4.52 Å². The highest BCUT2D eigenvalue weighted by Crippen LogP contribution is 2.18. The van der Waals surface area contributed by atoms with Crippen LogP contribution in [0.5, 0.6) is 0 Å². The van der Waals surface area contributed by atoms with Gasteiger partial charge < -0.3 is 10.6 Å². The molecule has 186 valence electrons. The first-order valence-electron chi connectivity index (χ1n) is 12.7. The maximum absolute atomic E-state index is 12.5. The Hall–Kier alpha value is -3.78. The van der Waals surface area contributed by atoms with Crippen LogP contribution in [0.2, 0.25) is 0 Å². The maximum Gasteiger partial charge on any atom is 0.220 e. The molecule has 0 bridgehead atoms. The van der Waals surface area contributed by atoms with Crippen molar-refractivity contribution in [1.29, 1.82) is 0 Å². The maximum atomic E-state index is 12.5. The number of hydrogen-bond donors (Lipinski definition) is 2. The second kappa shape index (κ2) is 11.3. The Bertz CT molecular complexity index is 1290. The monoisotopic (exact) mass is 483 g/mol. The summed E-state index contributed by atoms with van der Waals surface area (Å²) in [6, 6.07) is 22.7. The van der Waals surface area contributed by atoms with Gasteiger partial charge in [-0.15, -0.1) is 15.3 Å². The third kappa shape index (κ3) is 6.26. The first-order chi connectivity index (χ1) is 17.6. The van der Waals surface area contributed by atoms with E-state index in [0.29, 0.717) is 36.8 Å². The van der Waals surface area contributed by atoms with Crippen molar-refractivity contribution < 1.29 is 4.79 Å². The molecule has 1 aliphatic heterocycles. The standard InChI is InChI=1S/C28H33N7O/c1-21-7-9-23(10-8-21)19-34-16-15-24(20-34)18-30-28(36)14-13-27-32-31-26-12-11-25(33-35(26)27)29-17-22-5-3-2-4-6-22/h2-12,24H,13-20H2,1H3,(H,29,33)(H,30,36)/t24-/m1/s1. The molecule has 0 spiro atoms. The van der Waals surface area contributed by atoms with Gasteiger partial charge in [-0.3, -0.25) is 9.69 Å². The average molecular weight is 484 g/mol. The van der Waals surface area contributed by atoms with E-state index in [4.69, 9.17) is 0 Å². The second-order valence-corrected chi connectivity index (χ2v) is 9.62. The Morgan fingerprint density at radius 2 is 1.83 bits per heavy atom. The van der Waals surface area contributed by atoms with Crippen LogP contribution in [0.3, 0.4) is 0 Å². The van der Waals surface area contributed by atoms with Crippen molar-refractivity contribution in [1.82, 2.24) is 30.0 Å². The number of benzene rings is 2. The number of fused-ring (bicyclic) bond motifs is 1. The zero-order chi connectivity index (χ0) is 24.7. The summed E-state index contributed by atoms with van der Waals surface area (Å²) in [6.07, 6.45) is 1.97. The molecule has 36 heavy (non-hydrogen) atoms. The molecule has 0 saturated carbocycles. The van der Waals surface area contributed by atoms with Crippen LogP contribution in [0.25, 0.3) is 5.65 Å². The molecule has 4 aromatic rings. The van der Waals surface area contributed by atoms with Gasteiger partial charge in [0.2, 0.25) is 5.91 Å². The van der Waals surface area contributed by atoms with E-state index in [1.165, 1.54) is 16.7 Å². The molecule has 3 heterocycles. The lowest BCUT2D eigenvalue weighted by atomic mass is 10.1. The normalized spacial score (nSPS) is 15.9. The van der Waals surface area contributed by atoms with Crippen molar-refractivity contribution in [2.75, 3.05) is 25.0 Å². The van der Waals surface area contributed by atoms with Crippen molar-refractivity contribution in [2.45, 2.75) is 39.3 Å². The molecule has 0 unspecified atom stereocenters. The first kappa shape index (κ1) is 23.9. The van der Waals surface area contributed by atoms with Crippen molar-refractivity contribution >= 4 is 17.4 Å². The molecule has 1 fully saturated rings. The Balaban J connectivity index is 1.07. The minimum atomic E-state index is 0.0436. The predicted molar refractivity (Wildman–Crippen MR) is 140 cm³/mol. The van der Waals surface area contributed by atoms with E-state index in [0.717, 1.165) is 38.4 Å². The van der Waals surface area contributed by atoms with E-state index >= 15 is 0 Å². The van der Waals surface area contributed by atoms with E-state index in [9.17, 15) is 4.79 Å². The van der Waals surface area contributed by atoms with Gasteiger partial charge in [-0.25, -0.2) is 0 Å². The average Bonchev–Trinajstić information content (AvgIpc) is 3.53. The molecule has 1 saturated heterocycles. The molecular weight excluding hydrogens is 450 g/mol. The number of aryl methyl sites for hydroxylation is 2. The highest BCUT2D eigenvalue weighted by molar-refractivity contribution is 5.76. The van der Waals surface area contributed by atoms with Crippen LogP contribution in [-0.4, -0.2) is 50.3 Å². The number of carbonyl (C=O) groups excluding carboxylic acids is 1. The largest absolute Gasteiger partial charge is 0.365 e. The van der Waals surface area contributed by atoms with Crippen LogP contribution < -0.4 is 10.6 Å². The highest BCUT2D eigenvalue weighted by Gasteiger charge is 2.23. The third-order valence-corrected chi connectivity index (χ3v) is 6.70. The Kier molecular flexibility index (Phi) is 7.52. The minimum absolute atomic E-state index is 0.0436. The van der Waals surface area contributed by atoms with Crippen LogP contribution in [-0.2, 0) is 24.3 Å². The summed E-state index contributed by atoms with van der Waals surface area (Å²) in [4.78, 5) is 15.0. The Morgan fingerprint density at radius 1 is 1.00 bits per heavy atom. The van der Waals surface area contributed by atoms with E-state index in [1.807, 2.05) is 30.3 Å². The summed E-state index contributed by atoms with van der Waals surface area (Å²) >= 11 is 0. The van der Waals surface area contributed by atoms with Crippen molar-refractivity contribution in [2.24, 2.45) is 5.92 Å². The second-order valence-electron chi connectivity index (χ2n) is 9.62. The summed E-state index contributed by atoms with van der Waals surface area (Å²) < 4.78 is 1.72. The Morgan fingerprint density at radius 3 is 2.67 bits per heavy atom. The summed E-state index contributed by atoms with van der Waals surface area (Å²) in [5.74, 6) is 1.97. The van der Waals surface area contributed by atoms with Crippen LogP contribution >= 0.6 is 0 Å². The number of likely N-dealkylation sites (tertiary alicyclic amines) is 1. The number of aromatic nitrogens is 4. The van der Waals surface area contributed by atoms with Crippen LogP contribution in [0, 0.1) is 12.8 Å². The number of anilines is 1.